The lowest BCUT2D eigenvalue weighted by molar-refractivity contribution is 0.630. The number of anilines is 1. The highest BCUT2D eigenvalue weighted by Crippen LogP contribution is 2.32. The van der Waals surface area contributed by atoms with E-state index in [1.807, 2.05) is 6.92 Å². The summed E-state index contributed by atoms with van der Waals surface area (Å²) in [6.45, 7) is 1.92. The molecule has 2 N–H and O–H groups in total. The number of halogens is 3. The standard InChI is InChI=1S/C22H16Cl2FN7O/c1-2-14(30-20-17-19(27-9-26-17)28-10-29-20)21-31-15-8-4-7-13(25)16(15)22(33)32(21)18-11(23)5-3-6-12(18)24/h3-10,14H,2H2,1H3,(H2,26,27,28,29,30)/t14-/m0/s1. The van der Waals surface area contributed by atoms with E-state index in [9.17, 15) is 9.18 Å². The fourth-order valence-electron chi connectivity index (χ4n) is 3.75. The Labute approximate surface area is 196 Å². The van der Waals surface area contributed by atoms with Crippen LogP contribution >= 0.6 is 23.2 Å². The molecule has 0 aliphatic rings. The Morgan fingerprint density at radius 2 is 1.88 bits per heavy atom. The summed E-state index contributed by atoms with van der Waals surface area (Å²) in [5.74, 6) is 0.112. The van der Waals surface area contributed by atoms with Crippen LogP contribution in [0, 0.1) is 5.82 Å². The highest BCUT2D eigenvalue weighted by molar-refractivity contribution is 6.37. The number of fused-ring (bicyclic) bond motifs is 2. The molecule has 2 aromatic carbocycles. The molecule has 3 heterocycles. The lowest BCUT2D eigenvalue weighted by Crippen LogP contribution is -2.29. The number of nitrogens with one attached hydrogen (secondary N) is 2. The van der Waals surface area contributed by atoms with Crippen LogP contribution in [0.5, 0.6) is 0 Å². The van der Waals surface area contributed by atoms with Crippen molar-refractivity contribution < 1.29 is 4.39 Å². The quantitative estimate of drug-likeness (QED) is 0.362. The normalized spacial score (nSPS) is 12.4. The number of benzene rings is 2. The highest BCUT2D eigenvalue weighted by atomic mass is 35.5. The number of nitrogens with zero attached hydrogens (tertiary/aromatic N) is 5. The van der Waals surface area contributed by atoms with Crippen LogP contribution in [0.1, 0.15) is 25.2 Å². The van der Waals surface area contributed by atoms with Gasteiger partial charge in [0.2, 0.25) is 0 Å². The van der Waals surface area contributed by atoms with E-state index >= 15 is 0 Å². The zero-order valence-corrected chi connectivity index (χ0v) is 18.7. The van der Waals surface area contributed by atoms with Crippen molar-refractivity contribution in [3.63, 3.8) is 0 Å². The molecule has 0 radical (unpaired) electrons. The molecule has 8 nitrogen and oxygen atoms in total. The molecule has 0 aliphatic carbocycles. The van der Waals surface area contributed by atoms with Crippen LogP contribution in [0.25, 0.3) is 27.8 Å². The van der Waals surface area contributed by atoms with Crippen LogP contribution in [-0.4, -0.2) is 29.5 Å². The third-order valence-corrected chi connectivity index (χ3v) is 5.90. The Kier molecular flexibility index (Phi) is 5.43. The van der Waals surface area contributed by atoms with Gasteiger partial charge in [-0.05, 0) is 30.7 Å². The third kappa shape index (κ3) is 3.59. The second kappa shape index (κ2) is 8.42. The van der Waals surface area contributed by atoms with E-state index in [-0.39, 0.29) is 26.6 Å². The summed E-state index contributed by atoms with van der Waals surface area (Å²) in [4.78, 5) is 33.9. The summed E-state index contributed by atoms with van der Waals surface area (Å²) in [7, 11) is 0. The molecular weight excluding hydrogens is 468 g/mol. The van der Waals surface area contributed by atoms with Crippen molar-refractivity contribution in [2.75, 3.05) is 5.32 Å². The first kappa shape index (κ1) is 21.3. The van der Waals surface area contributed by atoms with Crippen molar-refractivity contribution in [2.24, 2.45) is 0 Å². The van der Waals surface area contributed by atoms with E-state index in [1.165, 1.54) is 29.4 Å². The molecule has 0 aliphatic heterocycles. The number of aromatic amines is 1. The number of H-pyrrole nitrogens is 1. The Morgan fingerprint density at radius 1 is 1.12 bits per heavy atom. The largest absolute Gasteiger partial charge is 0.358 e. The summed E-state index contributed by atoms with van der Waals surface area (Å²) in [5, 5.41) is 3.62. The Morgan fingerprint density at radius 3 is 2.64 bits per heavy atom. The molecule has 5 rings (SSSR count). The van der Waals surface area contributed by atoms with Crippen molar-refractivity contribution in [3.8, 4) is 5.69 Å². The van der Waals surface area contributed by atoms with E-state index in [2.05, 4.69) is 30.2 Å². The summed E-state index contributed by atoms with van der Waals surface area (Å²) in [5.41, 5.74) is 0.935. The second-order valence-corrected chi connectivity index (χ2v) is 8.06. The molecule has 5 aromatic rings. The first-order valence-corrected chi connectivity index (χ1v) is 10.8. The van der Waals surface area contributed by atoms with Gasteiger partial charge in [-0.25, -0.2) is 24.3 Å². The van der Waals surface area contributed by atoms with Crippen LogP contribution < -0.4 is 10.9 Å². The Hall–Kier alpha value is -3.56. The maximum atomic E-state index is 14.7. The number of hydrogen-bond donors (Lipinski definition) is 2. The number of imidazole rings is 1. The molecule has 0 fully saturated rings. The molecule has 11 heteroatoms. The molecule has 1 atom stereocenters. The molecule has 0 unspecified atom stereocenters. The lowest BCUT2D eigenvalue weighted by atomic mass is 10.1. The molecule has 3 aromatic heterocycles. The predicted octanol–water partition coefficient (Wildman–Crippen LogP) is 5.06. The van der Waals surface area contributed by atoms with Crippen molar-refractivity contribution in [3.05, 3.63) is 81.1 Å². The third-order valence-electron chi connectivity index (χ3n) is 5.29. The van der Waals surface area contributed by atoms with Gasteiger partial charge in [-0.2, -0.15) is 0 Å². The molecule has 0 bridgehead atoms. The summed E-state index contributed by atoms with van der Waals surface area (Å²) < 4.78 is 15.9. The maximum Gasteiger partial charge on any atom is 0.269 e. The lowest BCUT2D eigenvalue weighted by Gasteiger charge is -2.23. The second-order valence-electron chi connectivity index (χ2n) is 7.24. The molecule has 0 saturated heterocycles. The first-order valence-electron chi connectivity index (χ1n) is 10.1. The minimum absolute atomic E-state index is 0.148. The van der Waals surface area contributed by atoms with Gasteiger partial charge in [0, 0.05) is 0 Å². The van der Waals surface area contributed by atoms with Crippen LogP contribution in [0.2, 0.25) is 10.0 Å². The number of aromatic nitrogens is 6. The Bertz CT molecular complexity index is 1550. The van der Waals surface area contributed by atoms with E-state index in [0.29, 0.717) is 29.2 Å². The smallest absolute Gasteiger partial charge is 0.269 e. The number of para-hydroxylation sites is 1. The van der Waals surface area contributed by atoms with E-state index in [4.69, 9.17) is 23.2 Å². The van der Waals surface area contributed by atoms with E-state index in [1.54, 1.807) is 24.3 Å². The zero-order chi connectivity index (χ0) is 23.1. The van der Waals surface area contributed by atoms with Gasteiger partial charge in [0.05, 0.1) is 33.6 Å². The van der Waals surface area contributed by atoms with Gasteiger partial charge in [0.15, 0.2) is 11.5 Å². The van der Waals surface area contributed by atoms with Gasteiger partial charge in [0.1, 0.15) is 28.9 Å². The van der Waals surface area contributed by atoms with Crippen molar-refractivity contribution in [1.82, 2.24) is 29.5 Å². The average Bonchev–Trinajstić information content (AvgIpc) is 3.28. The average molecular weight is 484 g/mol. The monoisotopic (exact) mass is 483 g/mol. The van der Waals surface area contributed by atoms with E-state index in [0.717, 1.165) is 0 Å². The topological polar surface area (TPSA) is 101 Å². The van der Waals surface area contributed by atoms with Gasteiger partial charge in [-0.3, -0.25) is 9.36 Å². The molecule has 33 heavy (non-hydrogen) atoms. The van der Waals surface area contributed by atoms with Gasteiger partial charge in [0.25, 0.3) is 5.56 Å². The molecular formula is C22H16Cl2FN7O. The fraction of sp³-hybridized carbons (Fsp3) is 0.136. The molecule has 166 valence electrons. The molecule has 0 amide bonds. The van der Waals surface area contributed by atoms with Crippen molar-refractivity contribution in [1.29, 1.82) is 0 Å². The highest BCUT2D eigenvalue weighted by Gasteiger charge is 2.25. The van der Waals surface area contributed by atoms with Crippen molar-refractivity contribution in [2.45, 2.75) is 19.4 Å². The molecule has 0 spiro atoms. The fourth-order valence-corrected chi connectivity index (χ4v) is 4.31. The van der Waals surface area contributed by atoms with Crippen molar-refractivity contribution >= 4 is 51.1 Å². The van der Waals surface area contributed by atoms with Crippen LogP contribution in [0.3, 0.4) is 0 Å². The Balaban J connectivity index is 1.79. The van der Waals surface area contributed by atoms with E-state index < -0.39 is 17.4 Å². The van der Waals surface area contributed by atoms with Crippen LogP contribution in [0.4, 0.5) is 10.2 Å². The van der Waals surface area contributed by atoms with Gasteiger partial charge in [-0.1, -0.05) is 42.3 Å². The summed E-state index contributed by atoms with van der Waals surface area (Å²) in [6.07, 6.45) is 3.41. The summed E-state index contributed by atoms with van der Waals surface area (Å²) in [6, 6.07) is 8.68. The summed E-state index contributed by atoms with van der Waals surface area (Å²) >= 11 is 12.9. The minimum atomic E-state index is -0.676. The van der Waals surface area contributed by atoms with Crippen LogP contribution in [0.15, 0.2) is 53.8 Å². The maximum absolute atomic E-state index is 14.7. The predicted molar refractivity (Wildman–Crippen MR) is 126 cm³/mol. The van der Waals surface area contributed by atoms with Gasteiger partial charge >= 0.3 is 0 Å². The minimum Gasteiger partial charge on any atom is -0.358 e. The number of hydrogen-bond acceptors (Lipinski definition) is 6. The molecule has 0 saturated carbocycles. The van der Waals surface area contributed by atoms with Gasteiger partial charge in [-0.15, -0.1) is 0 Å². The zero-order valence-electron chi connectivity index (χ0n) is 17.2. The first-order chi connectivity index (χ1) is 16.0. The number of rotatable bonds is 5. The van der Waals surface area contributed by atoms with Gasteiger partial charge < -0.3 is 10.3 Å². The van der Waals surface area contributed by atoms with Crippen LogP contribution in [-0.2, 0) is 0 Å². The SMILES string of the molecule is CC[C@H](Nc1ncnc2nc[nH]c12)c1nc2cccc(F)c2c(=O)n1-c1c(Cl)cccc1Cl.